The third-order valence-electron chi connectivity index (χ3n) is 3.75. The molecule has 0 saturated carbocycles. The van der Waals surface area contributed by atoms with Crippen molar-refractivity contribution in [1.82, 2.24) is 15.2 Å². The molecule has 1 aromatic heterocycles. The van der Waals surface area contributed by atoms with Gasteiger partial charge in [0.1, 0.15) is 5.69 Å². The molecule has 1 amide bonds. The summed E-state index contributed by atoms with van der Waals surface area (Å²) in [5.74, 6) is 1.40. The second kappa shape index (κ2) is 10.4. The second-order valence-electron chi connectivity index (χ2n) is 6.02. The molecule has 0 spiro atoms. The number of piperidine rings is 1. The first kappa shape index (κ1) is 21.6. The van der Waals surface area contributed by atoms with Crippen molar-refractivity contribution in [1.29, 1.82) is 0 Å². The molecule has 4 nitrogen and oxygen atoms in total. The summed E-state index contributed by atoms with van der Waals surface area (Å²) in [5.41, 5.74) is 0.637. The largest absolute Gasteiger partial charge is 0.337 e. The number of carbonyl (C=O) groups is 1. The van der Waals surface area contributed by atoms with Gasteiger partial charge in [0.15, 0.2) is 0 Å². The molecule has 0 unspecified atom stereocenters. The molecule has 0 bridgehead atoms. The maximum Gasteiger partial charge on any atom is 0.273 e. The smallest absolute Gasteiger partial charge is 0.273 e. The van der Waals surface area contributed by atoms with Crippen LogP contribution >= 0.6 is 36.2 Å². The molecule has 128 valence electrons. The SMILES string of the molecule is CNCC1CCN(C(=O)c2csc(CC(C)C)n2)CC1.Cl.Cl. The van der Waals surface area contributed by atoms with Gasteiger partial charge in [-0.3, -0.25) is 4.79 Å². The van der Waals surface area contributed by atoms with Crippen LogP contribution in [0.25, 0.3) is 0 Å². The number of hydrogen-bond acceptors (Lipinski definition) is 4. The first-order valence-electron chi connectivity index (χ1n) is 7.48. The highest BCUT2D eigenvalue weighted by atomic mass is 35.5. The van der Waals surface area contributed by atoms with E-state index in [1.807, 2.05) is 17.3 Å². The lowest BCUT2D eigenvalue weighted by molar-refractivity contribution is 0.0685. The number of rotatable bonds is 5. The minimum Gasteiger partial charge on any atom is -0.337 e. The number of halogens is 2. The maximum absolute atomic E-state index is 12.4. The van der Waals surface area contributed by atoms with Gasteiger partial charge in [0.05, 0.1) is 5.01 Å². The molecule has 1 aromatic rings. The molecule has 0 aromatic carbocycles. The van der Waals surface area contributed by atoms with Crippen molar-refractivity contribution >= 4 is 42.1 Å². The standard InChI is InChI=1S/C15H25N3OS.2ClH/c1-11(2)8-14-17-13(10-20-14)15(19)18-6-4-12(5-7-18)9-16-3;;/h10-12,16H,4-9H2,1-3H3;2*1H. The van der Waals surface area contributed by atoms with E-state index in [-0.39, 0.29) is 30.7 Å². The number of carbonyl (C=O) groups excluding carboxylic acids is 1. The molecule has 0 aliphatic carbocycles. The van der Waals surface area contributed by atoms with Crippen LogP contribution in [0.3, 0.4) is 0 Å². The summed E-state index contributed by atoms with van der Waals surface area (Å²) in [4.78, 5) is 18.9. The van der Waals surface area contributed by atoms with E-state index < -0.39 is 0 Å². The topological polar surface area (TPSA) is 45.2 Å². The van der Waals surface area contributed by atoms with Gasteiger partial charge in [-0.2, -0.15) is 0 Å². The minimum absolute atomic E-state index is 0. The van der Waals surface area contributed by atoms with Crippen LogP contribution in [0.15, 0.2) is 5.38 Å². The summed E-state index contributed by atoms with van der Waals surface area (Å²) >= 11 is 1.61. The zero-order valence-electron chi connectivity index (χ0n) is 13.5. The van der Waals surface area contributed by atoms with Gasteiger partial charge in [-0.15, -0.1) is 36.2 Å². The quantitative estimate of drug-likeness (QED) is 0.868. The molecule has 1 saturated heterocycles. The average molecular weight is 368 g/mol. The second-order valence-corrected chi connectivity index (χ2v) is 6.96. The molecule has 1 fully saturated rings. The van der Waals surface area contributed by atoms with Gasteiger partial charge in [0.2, 0.25) is 0 Å². The lowest BCUT2D eigenvalue weighted by atomic mass is 9.97. The van der Waals surface area contributed by atoms with Crippen molar-refractivity contribution in [2.45, 2.75) is 33.1 Å². The Bertz CT molecular complexity index is 446. The highest BCUT2D eigenvalue weighted by Gasteiger charge is 2.24. The van der Waals surface area contributed by atoms with Gasteiger partial charge >= 0.3 is 0 Å². The van der Waals surface area contributed by atoms with E-state index in [1.165, 1.54) is 0 Å². The van der Waals surface area contributed by atoms with E-state index in [0.717, 1.165) is 43.9 Å². The monoisotopic (exact) mass is 367 g/mol. The van der Waals surface area contributed by atoms with Crippen LogP contribution < -0.4 is 5.32 Å². The lowest BCUT2D eigenvalue weighted by Crippen LogP contribution is -2.40. The predicted molar refractivity (Wildman–Crippen MR) is 97.7 cm³/mol. The third kappa shape index (κ3) is 6.03. The van der Waals surface area contributed by atoms with Gasteiger partial charge in [0.25, 0.3) is 5.91 Å². The fraction of sp³-hybridized carbons (Fsp3) is 0.733. The molecule has 0 atom stereocenters. The Kier molecular flexibility index (Phi) is 10.3. The zero-order valence-corrected chi connectivity index (χ0v) is 16.0. The van der Waals surface area contributed by atoms with Gasteiger partial charge in [-0.25, -0.2) is 4.98 Å². The van der Waals surface area contributed by atoms with E-state index in [1.54, 1.807) is 11.3 Å². The van der Waals surface area contributed by atoms with Gasteiger partial charge in [-0.1, -0.05) is 13.8 Å². The molecule has 2 rings (SSSR count). The molecular formula is C15H27Cl2N3OS. The van der Waals surface area contributed by atoms with Crippen molar-refractivity contribution in [3.63, 3.8) is 0 Å². The summed E-state index contributed by atoms with van der Waals surface area (Å²) < 4.78 is 0. The highest BCUT2D eigenvalue weighted by molar-refractivity contribution is 7.09. The first-order chi connectivity index (χ1) is 9.60. The first-order valence-corrected chi connectivity index (χ1v) is 8.36. The Morgan fingerprint density at radius 1 is 1.41 bits per heavy atom. The Hall–Kier alpha value is -0.360. The summed E-state index contributed by atoms with van der Waals surface area (Å²) in [5, 5.41) is 6.21. The summed E-state index contributed by atoms with van der Waals surface area (Å²) in [6.45, 7) is 7.13. The van der Waals surface area contributed by atoms with Crippen molar-refractivity contribution < 1.29 is 4.79 Å². The number of nitrogens with zero attached hydrogens (tertiary/aromatic N) is 2. The molecule has 7 heteroatoms. The third-order valence-corrected chi connectivity index (χ3v) is 4.62. The Morgan fingerprint density at radius 3 is 2.59 bits per heavy atom. The number of amides is 1. The number of aromatic nitrogens is 1. The molecule has 1 aliphatic rings. The van der Waals surface area contributed by atoms with Crippen molar-refractivity contribution in [2.24, 2.45) is 11.8 Å². The summed E-state index contributed by atoms with van der Waals surface area (Å²) in [6.07, 6.45) is 3.15. The van der Waals surface area contributed by atoms with Crippen LogP contribution in [-0.2, 0) is 6.42 Å². The van der Waals surface area contributed by atoms with E-state index in [9.17, 15) is 4.79 Å². The van der Waals surface area contributed by atoms with E-state index in [2.05, 4.69) is 24.1 Å². The molecule has 1 aliphatic heterocycles. The van der Waals surface area contributed by atoms with Gasteiger partial charge in [0, 0.05) is 24.9 Å². The molecular weight excluding hydrogens is 341 g/mol. The fourth-order valence-electron chi connectivity index (χ4n) is 2.64. The number of thiazole rings is 1. The van der Waals surface area contributed by atoms with Gasteiger partial charge < -0.3 is 10.2 Å². The zero-order chi connectivity index (χ0) is 14.5. The number of likely N-dealkylation sites (tertiary alicyclic amines) is 1. The van der Waals surface area contributed by atoms with E-state index >= 15 is 0 Å². The van der Waals surface area contributed by atoms with Crippen LogP contribution in [0.4, 0.5) is 0 Å². The average Bonchev–Trinajstić information content (AvgIpc) is 2.87. The molecule has 22 heavy (non-hydrogen) atoms. The number of nitrogens with one attached hydrogen (secondary N) is 1. The normalized spacial score (nSPS) is 15.4. The van der Waals surface area contributed by atoms with Crippen molar-refractivity contribution in [3.8, 4) is 0 Å². The predicted octanol–water partition coefficient (Wildman–Crippen LogP) is 3.26. The van der Waals surface area contributed by atoms with Crippen molar-refractivity contribution in [2.75, 3.05) is 26.7 Å². The van der Waals surface area contributed by atoms with Crippen molar-refractivity contribution in [3.05, 3.63) is 16.1 Å². The van der Waals surface area contributed by atoms with Crippen LogP contribution in [-0.4, -0.2) is 42.5 Å². The molecule has 2 heterocycles. The van der Waals surface area contributed by atoms with Crippen LogP contribution in [0.2, 0.25) is 0 Å². The van der Waals surface area contributed by atoms with Crippen LogP contribution in [0, 0.1) is 11.8 Å². The summed E-state index contributed by atoms with van der Waals surface area (Å²) in [6, 6.07) is 0. The maximum atomic E-state index is 12.4. The van der Waals surface area contributed by atoms with E-state index in [0.29, 0.717) is 17.5 Å². The van der Waals surface area contributed by atoms with E-state index in [4.69, 9.17) is 0 Å². The Balaban J connectivity index is 0.00000220. The van der Waals surface area contributed by atoms with Gasteiger partial charge in [-0.05, 0) is 38.3 Å². The minimum atomic E-state index is 0. The fourth-order valence-corrected chi connectivity index (χ4v) is 3.62. The van der Waals surface area contributed by atoms with Crippen LogP contribution in [0.5, 0.6) is 0 Å². The molecule has 1 N–H and O–H groups in total. The summed E-state index contributed by atoms with van der Waals surface area (Å²) in [7, 11) is 1.99. The number of hydrogen-bond donors (Lipinski definition) is 1. The highest BCUT2D eigenvalue weighted by Crippen LogP contribution is 2.20. The van der Waals surface area contributed by atoms with Crippen LogP contribution in [0.1, 0.15) is 42.2 Å². The molecule has 0 radical (unpaired) electrons. The Labute approximate surface area is 149 Å². The Morgan fingerprint density at radius 2 is 2.05 bits per heavy atom. The lowest BCUT2D eigenvalue weighted by Gasteiger charge is -2.31.